The maximum Gasteiger partial charge on any atom is 0.336 e. The largest absolute Gasteiger partial charge is 0.784 e. The second-order valence-corrected chi connectivity index (χ2v) is 10.1. The standard InChI is InChI=1S/C26H29N2O5/c1-24(2)14-18(25(3,4)28(24)33)15-27-16-20(17-10-6-5-7-11-17)22(29)26(27,32)21-13-9-8-12-19(21)23(30)31/h5-13,16,18,32H,14-15H2,1-4H3,(H,30,31)/q-1. The SMILES string of the molecule is CC1(C)CC(CN2C=C(c3ccccc3)C(=O)C2(O)c2ccccc2C(=O)O)C(C)(C)N1[O-]. The summed E-state index contributed by atoms with van der Waals surface area (Å²) < 4.78 is 0. The lowest BCUT2D eigenvalue weighted by molar-refractivity contribution is -0.149. The molecule has 0 radical (unpaired) electrons. The van der Waals surface area contributed by atoms with E-state index in [0.29, 0.717) is 17.6 Å². The minimum absolute atomic E-state index is 0.0127. The molecule has 0 saturated carbocycles. The Morgan fingerprint density at radius 2 is 1.67 bits per heavy atom. The number of hydrogen-bond donors (Lipinski definition) is 2. The Labute approximate surface area is 193 Å². The second kappa shape index (κ2) is 7.80. The highest BCUT2D eigenvalue weighted by Crippen LogP contribution is 2.47. The molecule has 2 aromatic rings. The maximum atomic E-state index is 13.7. The van der Waals surface area contributed by atoms with Gasteiger partial charge in [-0.15, -0.1) is 0 Å². The normalized spacial score (nSPS) is 26.5. The molecule has 0 amide bonds. The molecule has 33 heavy (non-hydrogen) atoms. The van der Waals surface area contributed by atoms with E-state index in [1.54, 1.807) is 42.6 Å². The van der Waals surface area contributed by atoms with Gasteiger partial charge in [-0.2, -0.15) is 0 Å². The van der Waals surface area contributed by atoms with Gasteiger partial charge in [0, 0.05) is 35.0 Å². The van der Waals surface area contributed by atoms with Crippen molar-refractivity contribution in [1.29, 1.82) is 0 Å². The lowest BCUT2D eigenvalue weighted by Crippen LogP contribution is -2.51. The van der Waals surface area contributed by atoms with Gasteiger partial charge in [0.05, 0.1) is 5.56 Å². The van der Waals surface area contributed by atoms with Crippen LogP contribution in [0, 0.1) is 11.1 Å². The highest BCUT2D eigenvalue weighted by atomic mass is 16.5. The van der Waals surface area contributed by atoms with Crippen molar-refractivity contribution in [2.45, 2.75) is 50.9 Å². The molecule has 2 N–H and O–H groups in total. The average molecular weight is 450 g/mol. The van der Waals surface area contributed by atoms with E-state index in [1.807, 2.05) is 33.8 Å². The number of aromatic carboxylic acids is 1. The maximum absolute atomic E-state index is 13.7. The van der Waals surface area contributed by atoms with E-state index in [4.69, 9.17) is 0 Å². The number of hydroxylamine groups is 2. The summed E-state index contributed by atoms with van der Waals surface area (Å²) in [5.74, 6) is -1.99. The molecule has 2 aliphatic heterocycles. The van der Waals surface area contributed by atoms with Crippen molar-refractivity contribution in [2.75, 3.05) is 6.54 Å². The number of carbonyl (C=O) groups excluding carboxylic acids is 1. The minimum atomic E-state index is -2.20. The molecule has 1 saturated heterocycles. The number of aliphatic hydroxyl groups is 1. The van der Waals surface area contributed by atoms with Gasteiger partial charge >= 0.3 is 5.97 Å². The first kappa shape index (κ1) is 23.2. The zero-order valence-electron chi connectivity index (χ0n) is 19.3. The Hall–Kier alpha value is -3.00. The van der Waals surface area contributed by atoms with Crippen molar-refractivity contribution >= 4 is 17.3 Å². The minimum Gasteiger partial charge on any atom is -0.784 e. The number of carbonyl (C=O) groups is 2. The summed E-state index contributed by atoms with van der Waals surface area (Å²) in [6.45, 7) is 7.70. The molecule has 2 heterocycles. The molecule has 0 aliphatic carbocycles. The molecule has 0 spiro atoms. The van der Waals surface area contributed by atoms with Gasteiger partial charge in [-0.05, 0) is 51.7 Å². The van der Waals surface area contributed by atoms with E-state index in [-0.39, 0.29) is 23.6 Å². The first-order valence-corrected chi connectivity index (χ1v) is 11.0. The van der Waals surface area contributed by atoms with Crippen LogP contribution >= 0.6 is 0 Å². The molecular formula is C26H29N2O5-. The molecule has 2 atom stereocenters. The first-order valence-electron chi connectivity index (χ1n) is 11.0. The molecular weight excluding hydrogens is 420 g/mol. The number of ketones is 1. The topological polar surface area (TPSA) is 104 Å². The summed E-state index contributed by atoms with van der Waals surface area (Å²) in [7, 11) is 0. The van der Waals surface area contributed by atoms with E-state index in [1.165, 1.54) is 17.0 Å². The number of carboxylic acid groups (broad SMARTS) is 1. The van der Waals surface area contributed by atoms with Crippen molar-refractivity contribution in [1.82, 2.24) is 9.96 Å². The van der Waals surface area contributed by atoms with Crippen LogP contribution < -0.4 is 0 Å². The van der Waals surface area contributed by atoms with Gasteiger partial charge in [0.2, 0.25) is 11.5 Å². The number of rotatable bonds is 5. The quantitative estimate of drug-likeness (QED) is 0.715. The van der Waals surface area contributed by atoms with Crippen molar-refractivity contribution in [2.24, 2.45) is 5.92 Å². The third kappa shape index (κ3) is 3.57. The van der Waals surface area contributed by atoms with Crippen LogP contribution in [0.2, 0.25) is 0 Å². The summed E-state index contributed by atoms with van der Waals surface area (Å²) in [4.78, 5) is 27.2. The Balaban J connectivity index is 1.84. The molecule has 7 heteroatoms. The van der Waals surface area contributed by atoms with Gasteiger partial charge < -0.3 is 25.4 Å². The monoisotopic (exact) mass is 449 g/mol. The van der Waals surface area contributed by atoms with Crippen LogP contribution in [-0.4, -0.2) is 49.6 Å². The predicted molar refractivity (Wildman–Crippen MR) is 125 cm³/mol. The van der Waals surface area contributed by atoms with Crippen LogP contribution in [-0.2, 0) is 10.5 Å². The van der Waals surface area contributed by atoms with Gasteiger partial charge in [0.15, 0.2) is 0 Å². The Morgan fingerprint density at radius 1 is 1.06 bits per heavy atom. The molecule has 2 unspecified atom stereocenters. The molecule has 1 fully saturated rings. The summed E-state index contributed by atoms with van der Waals surface area (Å²) >= 11 is 0. The Bertz CT molecular complexity index is 1120. The fraction of sp³-hybridized carbons (Fsp3) is 0.385. The lowest BCUT2D eigenvalue weighted by Gasteiger charge is -2.48. The zero-order valence-corrected chi connectivity index (χ0v) is 19.3. The number of nitrogens with zero attached hydrogens (tertiary/aromatic N) is 2. The smallest absolute Gasteiger partial charge is 0.336 e. The fourth-order valence-electron chi connectivity index (χ4n) is 5.29. The van der Waals surface area contributed by atoms with E-state index in [0.717, 1.165) is 5.06 Å². The van der Waals surface area contributed by atoms with Crippen molar-refractivity contribution in [3.8, 4) is 0 Å². The van der Waals surface area contributed by atoms with Crippen LogP contribution in [0.4, 0.5) is 0 Å². The molecule has 2 aliphatic rings. The van der Waals surface area contributed by atoms with Crippen molar-refractivity contribution < 1.29 is 19.8 Å². The third-order valence-corrected chi connectivity index (χ3v) is 7.11. The summed E-state index contributed by atoms with van der Waals surface area (Å²) in [6.07, 6.45) is 2.17. The van der Waals surface area contributed by atoms with Crippen LogP contribution in [0.3, 0.4) is 0 Å². The number of hydrogen-bond acceptors (Lipinski definition) is 6. The van der Waals surface area contributed by atoms with Crippen LogP contribution in [0.5, 0.6) is 0 Å². The van der Waals surface area contributed by atoms with E-state index >= 15 is 0 Å². The average Bonchev–Trinajstić information content (AvgIpc) is 3.12. The van der Waals surface area contributed by atoms with Gasteiger partial charge in [-0.1, -0.05) is 48.5 Å². The van der Waals surface area contributed by atoms with Crippen LogP contribution in [0.15, 0.2) is 60.8 Å². The second-order valence-electron chi connectivity index (χ2n) is 10.1. The Morgan fingerprint density at radius 3 is 2.24 bits per heavy atom. The molecule has 7 nitrogen and oxygen atoms in total. The van der Waals surface area contributed by atoms with Crippen molar-refractivity contribution in [3.05, 3.63) is 82.7 Å². The van der Waals surface area contributed by atoms with Gasteiger partial charge in [0.25, 0.3) is 0 Å². The Kier molecular flexibility index (Phi) is 5.47. The molecule has 0 bridgehead atoms. The number of Topliss-reactive ketones (excluding diaryl/α,β-unsaturated/α-hetero) is 1. The van der Waals surface area contributed by atoms with Gasteiger partial charge in [-0.3, -0.25) is 4.79 Å². The van der Waals surface area contributed by atoms with E-state index < -0.39 is 28.6 Å². The number of benzene rings is 2. The number of carboxylic acids is 1. The predicted octanol–water partition coefficient (Wildman–Crippen LogP) is 3.83. The molecule has 4 rings (SSSR count). The molecule has 174 valence electrons. The van der Waals surface area contributed by atoms with Crippen LogP contribution in [0.1, 0.15) is 55.6 Å². The van der Waals surface area contributed by atoms with E-state index in [2.05, 4.69) is 0 Å². The van der Waals surface area contributed by atoms with Gasteiger partial charge in [-0.25, -0.2) is 4.79 Å². The lowest BCUT2D eigenvalue weighted by atomic mass is 9.85. The fourth-order valence-corrected chi connectivity index (χ4v) is 5.29. The first-order chi connectivity index (χ1) is 15.4. The molecule has 2 aromatic carbocycles. The zero-order chi connectivity index (χ0) is 24.2. The molecule has 0 aromatic heterocycles. The highest BCUT2D eigenvalue weighted by Gasteiger charge is 2.54. The summed E-state index contributed by atoms with van der Waals surface area (Å²) in [5.41, 5.74) is -2.72. The van der Waals surface area contributed by atoms with Crippen molar-refractivity contribution in [3.63, 3.8) is 0 Å². The van der Waals surface area contributed by atoms with Crippen LogP contribution in [0.25, 0.3) is 5.57 Å². The highest BCUT2D eigenvalue weighted by molar-refractivity contribution is 6.26. The van der Waals surface area contributed by atoms with Gasteiger partial charge in [0.1, 0.15) is 0 Å². The summed E-state index contributed by atoms with van der Waals surface area (Å²) in [5, 5.41) is 35.7. The third-order valence-electron chi connectivity index (χ3n) is 7.11. The van der Waals surface area contributed by atoms with E-state index in [9.17, 15) is 25.0 Å². The summed E-state index contributed by atoms with van der Waals surface area (Å²) in [6, 6.07) is 15.0.